The molecule has 6 aromatic rings. The maximum Gasteiger partial charge on any atom is 0.171 e. The van der Waals surface area contributed by atoms with Gasteiger partial charge in [0.15, 0.2) is 11.3 Å². The fourth-order valence-electron chi connectivity index (χ4n) is 8.50. The highest BCUT2D eigenvalue weighted by molar-refractivity contribution is 5.76. The smallest absolute Gasteiger partial charge is 0.171 e. The molecule has 4 aliphatic rings. The van der Waals surface area contributed by atoms with E-state index in [9.17, 15) is 8.78 Å². The van der Waals surface area contributed by atoms with Gasteiger partial charge in [0.1, 0.15) is 47.4 Å². The number of ether oxygens (including phenoxy) is 2. The first-order valence-electron chi connectivity index (χ1n) is 19.9. The van der Waals surface area contributed by atoms with E-state index in [0.29, 0.717) is 38.9 Å². The van der Waals surface area contributed by atoms with Crippen molar-refractivity contribution in [2.45, 2.75) is 83.5 Å². The largest absolute Gasteiger partial charge is 0.493 e. The molecule has 0 amide bonds. The zero-order chi connectivity index (χ0) is 37.8. The second-order valence-electron chi connectivity index (χ2n) is 14.8. The molecule has 10 rings (SSSR count). The first kappa shape index (κ1) is 36.1. The monoisotopic (exact) mass is 757 g/mol. The van der Waals surface area contributed by atoms with Gasteiger partial charge in [0.05, 0.1) is 13.2 Å². The quantitative estimate of drug-likeness (QED) is 0.174. The Morgan fingerprint density at radius 3 is 1.79 bits per heavy atom. The van der Waals surface area contributed by atoms with Crippen LogP contribution in [0.1, 0.15) is 90.0 Å². The zero-order valence-corrected chi connectivity index (χ0v) is 31.4. The predicted octanol–water partition coefficient (Wildman–Crippen LogP) is 7.08. The van der Waals surface area contributed by atoms with Gasteiger partial charge < -0.3 is 14.8 Å². The van der Waals surface area contributed by atoms with Gasteiger partial charge in [-0.2, -0.15) is 0 Å². The summed E-state index contributed by atoms with van der Waals surface area (Å²) < 4.78 is 43.9. The molecule has 0 spiro atoms. The van der Waals surface area contributed by atoms with Crippen molar-refractivity contribution in [1.82, 2.24) is 44.5 Å². The summed E-state index contributed by atoms with van der Waals surface area (Å²) in [6.07, 6.45) is 23.6. The maximum atomic E-state index is 14.4. The summed E-state index contributed by atoms with van der Waals surface area (Å²) in [6, 6.07) is 6.45. The number of nitrogens with one attached hydrogen (secondary N) is 1. The molecule has 2 aromatic carbocycles. The Kier molecular flexibility index (Phi) is 10.5. The summed E-state index contributed by atoms with van der Waals surface area (Å²) in [7, 11) is 0. The van der Waals surface area contributed by atoms with E-state index in [1.807, 2.05) is 21.2 Å². The van der Waals surface area contributed by atoms with Crippen LogP contribution < -0.4 is 14.8 Å². The SMILES string of the molecule is Fc1ccc2c(c1CCc1ncc(C3=CCCCCC3)c3nncn13)CCO2.Fc1ccc2c(c1CCc1ncc(C3=CCCNCC3)c3nncn13)CCO2. The van der Waals surface area contributed by atoms with Crippen molar-refractivity contribution in [2.24, 2.45) is 0 Å². The number of nitrogens with zero attached hydrogens (tertiary/aromatic N) is 8. The third-order valence-corrected chi connectivity index (χ3v) is 11.4. The highest BCUT2D eigenvalue weighted by atomic mass is 19.1. The number of halogens is 2. The molecule has 0 bridgehead atoms. The third-order valence-electron chi connectivity index (χ3n) is 11.4. The topological polar surface area (TPSA) is 117 Å². The number of rotatable bonds is 8. The Hall–Kier alpha value is -5.56. The molecule has 0 fully saturated rings. The van der Waals surface area contributed by atoms with E-state index in [1.54, 1.807) is 24.8 Å². The first-order chi connectivity index (χ1) is 27.6. The van der Waals surface area contributed by atoms with E-state index in [4.69, 9.17) is 19.4 Å². The molecule has 0 atom stereocenters. The lowest BCUT2D eigenvalue weighted by atomic mass is 9.99. The molecule has 1 aliphatic carbocycles. The lowest BCUT2D eigenvalue weighted by Gasteiger charge is -2.11. The Balaban J connectivity index is 0.000000146. The number of hydrogen-bond donors (Lipinski definition) is 1. The molecule has 4 aromatic heterocycles. The van der Waals surface area contributed by atoms with Gasteiger partial charge in [-0.05, 0) is 111 Å². The van der Waals surface area contributed by atoms with Crippen LogP contribution in [0.4, 0.5) is 8.78 Å². The molecule has 56 heavy (non-hydrogen) atoms. The minimum Gasteiger partial charge on any atom is -0.493 e. The average Bonchev–Trinajstić information content (AvgIpc) is 4.03. The second-order valence-corrected chi connectivity index (χ2v) is 14.8. The van der Waals surface area contributed by atoms with Crippen LogP contribution in [-0.4, -0.2) is 65.5 Å². The second kappa shape index (κ2) is 16.3. The van der Waals surface area contributed by atoms with Crippen LogP contribution in [0.25, 0.3) is 22.4 Å². The molecular formula is C43H45F2N9O2. The van der Waals surface area contributed by atoms with Crippen LogP contribution in [0.3, 0.4) is 0 Å². The minimum atomic E-state index is -0.169. The summed E-state index contributed by atoms with van der Waals surface area (Å²) in [5.74, 6) is 2.99. The highest BCUT2D eigenvalue weighted by Gasteiger charge is 2.22. The molecule has 3 aliphatic heterocycles. The standard InChI is InChI=1S/C22H23FN4O.C21H22FN5O/c23-19-8-9-20-17(11-12-28-20)16(19)7-10-21-24-13-18(22-26-25-14-27(21)22)15-5-3-1-2-4-6-15;22-18-4-5-19-16(8-11-28-19)15(18)3-6-20-24-12-17(21-26-25-13-27(20)21)14-2-1-9-23-10-7-14/h5,8-9,13-14H,1-4,6-7,10-12H2;2,4-5,12-13,23H,1,3,6-11H2. The number of aryl methyl sites for hydroxylation is 2. The number of fused-ring (bicyclic) bond motifs is 4. The van der Waals surface area contributed by atoms with Crippen molar-refractivity contribution in [3.63, 3.8) is 0 Å². The van der Waals surface area contributed by atoms with Crippen molar-refractivity contribution in [1.29, 1.82) is 0 Å². The molecule has 7 heterocycles. The minimum absolute atomic E-state index is 0.163. The predicted molar refractivity (Wildman–Crippen MR) is 209 cm³/mol. The van der Waals surface area contributed by atoms with Crippen LogP contribution >= 0.6 is 0 Å². The van der Waals surface area contributed by atoms with Gasteiger partial charge in [-0.3, -0.25) is 8.80 Å². The summed E-state index contributed by atoms with van der Waals surface area (Å²) in [5, 5.41) is 20.3. The van der Waals surface area contributed by atoms with Crippen molar-refractivity contribution in [3.05, 3.63) is 118 Å². The summed E-state index contributed by atoms with van der Waals surface area (Å²) >= 11 is 0. The van der Waals surface area contributed by atoms with Crippen LogP contribution in [0.15, 0.2) is 61.5 Å². The molecule has 0 saturated heterocycles. The van der Waals surface area contributed by atoms with Crippen molar-refractivity contribution < 1.29 is 18.3 Å². The van der Waals surface area contributed by atoms with Crippen LogP contribution in [0.2, 0.25) is 0 Å². The highest BCUT2D eigenvalue weighted by Crippen LogP contribution is 2.33. The van der Waals surface area contributed by atoms with Crippen LogP contribution in [-0.2, 0) is 38.5 Å². The van der Waals surface area contributed by atoms with E-state index in [0.717, 1.165) is 119 Å². The molecule has 13 heteroatoms. The number of hydrogen-bond acceptors (Lipinski definition) is 9. The summed E-state index contributed by atoms with van der Waals surface area (Å²) in [4.78, 5) is 9.40. The maximum absolute atomic E-state index is 14.4. The Morgan fingerprint density at radius 1 is 0.607 bits per heavy atom. The van der Waals surface area contributed by atoms with Gasteiger partial charge in [-0.1, -0.05) is 18.6 Å². The van der Waals surface area contributed by atoms with Gasteiger partial charge in [-0.15, -0.1) is 20.4 Å². The molecule has 0 radical (unpaired) electrons. The number of benzene rings is 2. The Labute approximate surface area is 323 Å². The number of allylic oxidation sites excluding steroid dienone is 2. The van der Waals surface area contributed by atoms with Gasteiger partial charge in [0.25, 0.3) is 0 Å². The fourth-order valence-corrected chi connectivity index (χ4v) is 8.50. The Bertz CT molecular complexity index is 2280. The van der Waals surface area contributed by atoms with E-state index >= 15 is 0 Å². The average molecular weight is 758 g/mol. The third kappa shape index (κ3) is 7.27. The van der Waals surface area contributed by atoms with Gasteiger partial charge in [0, 0.05) is 60.3 Å². The molecule has 1 N–H and O–H groups in total. The summed E-state index contributed by atoms with van der Waals surface area (Å²) in [6.45, 7) is 3.20. The lowest BCUT2D eigenvalue weighted by Crippen LogP contribution is -2.14. The Morgan fingerprint density at radius 2 is 1.18 bits per heavy atom. The summed E-state index contributed by atoms with van der Waals surface area (Å²) in [5.41, 5.74) is 9.82. The molecule has 0 saturated carbocycles. The van der Waals surface area contributed by atoms with Crippen LogP contribution in [0.5, 0.6) is 11.5 Å². The molecular weight excluding hydrogens is 713 g/mol. The van der Waals surface area contributed by atoms with Crippen molar-refractivity contribution in [3.8, 4) is 11.5 Å². The van der Waals surface area contributed by atoms with Gasteiger partial charge in [-0.25, -0.2) is 18.7 Å². The number of aromatic nitrogens is 8. The van der Waals surface area contributed by atoms with E-state index < -0.39 is 0 Å². The van der Waals surface area contributed by atoms with Crippen molar-refractivity contribution in [2.75, 3.05) is 26.3 Å². The van der Waals surface area contributed by atoms with Crippen LogP contribution in [0, 0.1) is 11.6 Å². The molecule has 0 unspecified atom stereocenters. The van der Waals surface area contributed by atoms with E-state index in [-0.39, 0.29) is 11.6 Å². The first-order valence-corrected chi connectivity index (χ1v) is 19.9. The van der Waals surface area contributed by atoms with E-state index in [1.165, 1.54) is 42.5 Å². The molecule has 11 nitrogen and oxygen atoms in total. The zero-order valence-electron chi connectivity index (χ0n) is 31.4. The van der Waals surface area contributed by atoms with E-state index in [2.05, 4.69) is 37.9 Å². The van der Waals surface area contributed by atoms with Gasteiger partial charge in [0.2, 0.25) is 0 Å². The molecule has 288 valence electrons. The van der Waals surface area contributed by atoms with Gasteiger partial charge >= 0.3 is 0 Å². The fraction of sp³-hybridized carbons (Fsp3) is 0.395. The van der Waals surface area contributed by atoms with Crippen molar-refractivity contribution >= 4 is 22.4 Å². The normalized spacial score (nSPS) is 16.5. The lowest BCUT2D eigenvalue weighted by molar-refractivity contribution is 0.356.